The van der Waals surface area contributed by atoms with Gasteiger partial charge < -0.3 is 10.4 Å². The molecule has 1 saturated carbocycles. The van der Waals surface area contributed by atoms with Crippen LogP contribution in [0.3, 0.4) is 0 Å². The number of amides is 2. The zero-order valence-corrected chi connectivity index (χ0v) is 23.7. The molecular formula is C29H25ClF3N7O3. The maximum atomic E-state index is 14.8. The second-order valence-corrected chi connectivity index (χ2v) is 11.0. The van der Waals surface area contributed by atoms with Crippen LogP contribution in [0.25, 0.3) is 11.3 Å². The lowest BCUT2D eigenvalue weighted by Crippen LogP contribution is -2.29. The molecule has 0 bridgehead atoms. The lowest BCUT2D eigenvalue weighted by atomic mass is 10.0. The third kappa shape index (κ3) is 5.23. The van der Waals surface area contributed by atoms with Gasteiger partial charge in [0.2, 0.25) is 5.91 Å². The molecule has 4 aromatic rings. The van der Waals surface area contributed by atoms with E-state index < -0.39 is 40.9 Å². The van der Waals surface area contributed by atoms with Gasteiger partial charge in [-0.05, 0) is 49.4 Å². The second kappa shape index (κ2) is 11.0. The molecule has 2 aliphatic rings. The van der Waals surface area contributed by atoms with E-state index in [0.717, 1.165) is 35.9 Å². The standard InChI is InChI=1S/C29H25ClF3N7O3/c1-13-5-23(39-10-15-6-18(15)29(39)43)35-8-19(13)14(2)40-11-16(7-36-40)37-28(42)26-22(12-41)34-9-21(38-26)24-17(27(32)33)3-4-20(30)25(24)31/h3-5,7-9,11,14-15,18,27,41H,6,10,12H2,1-2H3,(H,37,42)/t14?,15-,18-/m1/s1. The average Bonchev–Trinajstić information content (AvgIpc) is 3.49. The van der Waals surface area contributed by atoms with E-state index in [1.165, 1.54) is 6.20 Å². The summed E-state index contributed by atoms with van der Waals surface area (Å²) in [6.07, 6.45) is 3.60. The number of alkyl halides is 2. The number of hydrogen-bond acceptors (Lipinski definition) is 7. The number of aromatic nitrogens is 5. The Bertz CT molecular complexity index is 1770. The monoisotopic (exact) mass is 611 g/mol. The Balaban J connectivity index is 1.22. The van der Waals surface area contributed by atoms with Gasteiger partial charge in [-0.2, -0.15) is 5.10 Å². The number of piperidine rings is 1. The van der Waals surface area contributed by atoms with E-state index in [1.54, 1.807) is 22.0 Å². The van der Waals surface area contributed by atoms with Gasteiger partial charge in [0.25, 0.3) is 12.3 Å². The number of carbonyl (C=O) groups is 2. The maximum Gasteiger partial charge on any atom is 0.276 e. The van der Waals surface area contributed by atoms with Crippen LogP contribution in [0.4, 0.5) is 24.7 Å². The number of nitrogens with zero attached hydrogens (tertiary/aromatic N) is 6. The summed E-state index contributed by atoms with van der Waals surface area (Å²) >= 11 is 5.82. The third-order valence-electron chi connectivity index (χ3n) is 7.87. The van der Waals surface area contributed by atoms with Gasteiger partial charge in [0.05, 0.1) is 47.1 Å². The molecule has 6 rings (SSSR count). The number of benzene rings is 1. The first-order valence-corrected chi connectivity index (χ1v) is 13.8. The molecule has 1 aliphatic heterocycles. The van der Waals surface area contributed by atoms with Crippen LogP contribution in [0.1, 0.15) is 58.7 Å². The molecule has 4 heterocycles. The summed E-state index contributed by atoms with van der Waals surface area (Å²) in [6.45, 7) is 3.84. The number of halogens is 4. The molecule has 1 unspecified atom stereocenters. The van der Waals surface area contributed by atoms with E-state index in [1.807, 2.05) is 19.9 Å². The van der Waals surface area contributed by atoms with Gasteiger partial charge in [-0.25, -0.2) is 23.1 Å². The lowest BCUT2D eigenvalue weighted by molar-refractivity contribution is -0.118. The van der Waals surface area contributed by atoms with Crippen LogP contribution in [0.15, 0.2) is 43.0 Å². The number of pyridine rings is 1. The van der Waals surface area contributed by atoms with Crippen LogP contribution in [0, 0.1) is 24.6 Å². The molecule has 1 aliphatic carbocycles. The van der Waals surface area contributed by atoms with Crippen LogP contribution in [0.5, 0.6) is 0 Å². The number of fused-ring (bicyclic) bond motifs is 1. The Morgan fingerprint density at radius 1 is 1.21 bits per heavy atom. The zero-order valence-electron chi connectivity index (χ0n) is 22.9. The fourth-order valence-electron chi connectivity index (χ4n) is 5.41. The fraction of sp³-hybridized carbons (Fsp3) is 0.310. The summed E-state index contributed by atoms with van der Waals surface area (Å²) in [7, 11) is 0. The van der Waals surface area contributed by atoms with E-state index in [2.05, 4.69) is 25.4 Å². The zero-order chi connectivity index (χ0) is 30.6. The number of aliphatic hydroxyl groups is 1. The van der Waals surface area contributed by atoms with Crippen molar-refractivity contribution in [1.29, 1.82) is 0 Å². The molecule has 2 N–H and O–H groups in total. The molecule has 0 spiro atoms. The van der Waals surface area contributed by atoms with Crippen molar-refractivity contribution in [2.75, 3.05) is 16.8 Å². The number of hydrogen-bond donors (Lipinski definition) is 2. The van der Waals surface area contributed by atoms with Crippen LogP contribution in [-0.2, 0) is 11.4 Å². The first-order valence-electron chi connectivity index (χ1n) is 13.4. The molecule has 43 heavy (non-hydrogen) atoms. The minimum Gasteiger partial charge on any atom is -0.390 e. The first-order chi connectivity index (χ1) is 20.6. The fourth-order valence-corrected chi connectivity index (χ4v) is 5.56. The van der Waals surface area contributed by atoms with Gasteiger partial charge in [-0.1, -0.05) is 17.7 Å². The predicted molar refractivity (Wildman–Crippen MR) is 150 cm³/mol. The van der Waals surface area contributed by atoms with E-state index in [0.29, 0.717) is 18.3 Å². The molecule has 14 heteroatoms. The molecule has 2 amide bonds. The Hall–Kier alpha value is -4.36. The highest BCUT2D eigenvalue weighted by molar-refractivity contribution is 6.31. The molecule has 222 valence electrons. The van der Waals surface area contributed by atoms with Crippen molar-refractivity contribution in [3.05, 3.63) is 81.9 Å². The van der Waals surface area contributed by atoms with E-state index in [-0.39, 0.29) is 40.6 Å². The van der Waals surface area contributed by atoms with Gasteiger partial charge in [0.15, 0.2) is 11.5 Å². The van der Waals surface area contributed by atoms with Crippen molar-refractivity contribution in [2.45, 2.75) is 39.3 Å². The largest absolute Gasteiger partial charge is 0.390 e. The Morgan fingerprint density at radius 2 is 2.00 bits per heavy atom. The van der Waals surface area contributed by atoms with Gasteiger partial charge in [0, 0.05) is 36.0 Å². The smallest absolute Gasteiger partial charge is 0.276 e. The van der Waals surface area contributed by atoms with Gasteiger partial charge in [-0.3, -0.25) is 24.2 Å². The molecule has 3 aromatic heterocycles. The predicted octanol–water partition coefficient (Wildman–Crippen LogP) is 5.11. The molecule has 10 nitrogen and oxygen atoms in total. The van der Waals surface area contributed by atoms with E-state index >= 15 is 0 Å². The summed E-state index contributed by atoms with van der Waals surface area (Å²) in [5, 5.41) is 16.3. The number of anilines is 2. The normalized spacial score (nSPS) is 18.2. The summed E-state index contributed by atoms with van der Waals surface area (Å²) in [5.41, 5.74) is -0.0692. The maximum absolute atomic E-state index is 14.8. The SMILES string of the molecule is Cc1cc(N2C[C@H]3C[C@H]3C2=O)ncc1C(C)n1cc(NC(=O)c2nc(-c3c(C(F)F)ccc(Cl)c3F)cnc2CO)cn1. The highest BCUT2D eigenvalue weighted by Crippen LogP contribution is 2.47. The van der Waals surface area contributed by atoms with Crippen LogP contribution < -0.4 is 10.2 Å². The van der Waals surface area contributed by atoms with Crippen molar-refractivity contribution in [3.63, 3.8) is 0 Å². The van der Waals surface area contributed by atoms with Gasteiger partial charge >= 0.3 is 0 Å². The van der Waals surface area contributed by atoms with Crippen molar-refractivity contribution in [2.24, 2.45) is 11.8 Å². The van der Waals surface area contributed by atoms with Gasteiger partial charge in [-0.15, -0.1) is 0 Å². The Kier molecular flexibility index (Phi) is 7.38. The molecular weight excluding hydrogens is 587 g/mol. The molecule has 1 aromatic carbocycles. The number of aliphatic hydroxyl groups excluding tert-OH is 1. The molecule has 2 fully saturated rings. The lowest BCUT2D eigenvalue weighted by Gasteiger charge is -2.20. The third-order valence-corrected chi connectivity index (χ3v) is 8.17. The average molecular weight is 612 g/mol. The van der Waals surface area contributed by atoms with Crippen molar-refractivity contribution in [1.82, 2.24) is 24.7 Å². The Morgan fingerprint density at radius 3 is 2.67 bits per heavy atom. The van der Waals surface area contributed by atoms with Crippen molar-refractivity contribution >= 4 is 34.9 Å². The number of aryl methyl sites for hydroxylation is 1. The van der Waals surface area contributed by atoms with Crippen LogP contribution in [-0.4, -0.2) is 48.2 Å². The van der Waals surface area contributed by atoms with Crippen molar-refractivity contribution < 1.29 is 27.9 Å². The quantitative estimate of drug-likeness (QED) is 0.284. The van der Waals surface area contributed by atoms with Crippen LogP contribution in [0.2, 0.25) is 5.02 Å². The summed E-state index contributed by atoms with van der Waals surface area (Å²) in [6, 6.07) is 3.57. The Labute approximate surface area is 248 Å². The highest BCUT2D eigenvalue weighted by atomic mass is 35.5. The van der Waals surface area contributed by atoms with Gasteiger partial charge in [0.1, 0.15) is 5.82 Å². The molecule has 1 saturated heterocycles. The second-order valence-electron chi connectivity index (χ2n) is 10.6. The van der Waals surface area contributed by atoms with Crippen molar-refractivity contribution in [3.8, 4) is 11.3 Å². The number of nitrogens with one attached hydrogen (secondary N) is 1. The first kappa shape index (κ1) is 28.7. The molecule has 0 radical (unpaired) electrons. The van der Waals surface area contributed by atoms with E-state index in [4.69, 9.17) is 11.6 Å². The summed E-state index contributed by atoms with van der Waals surface area (Å²) < 4.78 is 43.7. The van der Waals surface area contributed by atoms with Crippen LogP contribution >= 0.6 is 11.6 Å². The topological polar surface area (TPSA) is 126 Å². The number of rotatable bonds is 8. The summed E-state index contributed by atoms with van der Waals surface area (Å²) in [4.78, 5) is 39.9. The summed E-state index contributed by atoms with van der Waals surface area (Å²) in [5.74, 6) is -0.637. The minimum absolute atomic E-state index is 0.122. The molecule has 3 atom stereocenters. The highest BCUT2D eigenvalue weighted by Gasteiger charge is 2.52. The number of carbonyl (C=O) groups excluding carboxylic acids is 2. The van der Waals surface area contributed by atoms with E-state index in [9.17, 15) is 27.9 Å². The minimum atomic E-state index is -3.05.